The highest BCUT2D eigenvalue weighted by Crippen LogP contribution is 2.31. The van der Waals surface area contributed by atoms with Crippen molar-refractivity contribution in [3.8, 4) is 17.2 Å². The summed E-state index contributed by atoms with van der Waals surface area (Å²) in [5.41, 5.74) is 3.43. The predicted octanol–water partition coefficient (Wildman–Crippen LogP) is 6.39. The van der Waals surface area contributed by atoms with Crippen molar-refractivity contribution in [3.63, 3.8) is 0 Å². The third kappa shape index (κ3) is 8.21. The summed E-state index contributed by atoms with van der Waals surface area (Å²) in [6, 6.07) is 22.5. The molecule has 3 aromatic carbocycles. The van der Waals surface area contributed by atoms with E-state index in [1.807, 2.05) is 66.7 Å². The highest BCUT2D eigenvalue weighted by Gasteiger charge is 2.33. The molecular weight excluding hydrogens is 612 g/mol. The minimum absolute atomic E-state index is 0.211. The first-order valence-corrected chi connectivity index (χ1v) is 17.0. The molecule has 5 rings (SSSR count). The summed E-state index contributed by atoms with van der Waals surface area (Å²) < 4.78 is 24.8. The SMILES string of the molecule is CCCCCCc1ccc(OCCOc2ccccc2/C=c2\sc3n(c2=O)[C@@H](c2ccc(OC)cc2)C(C(=O)OCC)=C(C)N=3)cc1. The third-order valence-corrected chi connectivity index (χ3v) is 8.99. The van der Waals surface area contributed by atoms with Crippen molar-refractivity contribution in [2.75, 3.05) is 26.9 Å². The van der Waals surface area contributed by atoms with E-state index in [1.165, 1.54) is 42.6 Å². The zero-order chi connectivity index (χ0) is 33.2. The van der Waals surface area contributed by atoms with Crippen molar-refractivity contribution in [2.45, 2.75) is 58.9 Å². The molecule has 0 radical (unpaired) electrons. The van der Waals surface area contributed by atoms with Gasteiger partial charge in [0.05, 0.1) is 35.6 Å². The minimum atomic E-state index is -0.697. The molecule has 0 aliphatic carbocycles. The molecule has 0 unspecified atom stereocenters. The van der Waals surface area contributed by atoms with Gasteiger partial charge in [-0.2, -0.15) is 0 Å². The van der Waals surface area contributed by atoms with Crippen molar-refractivity contribution >= 4 is 23.4 Å². The predicted molar refractivity (Wildman–Crippen MR) is 185 cm³/mol. The van der Waals surface area contributed by atoms with E-state index in [4.69, 9.17) is 18.9 Å². The quantitative estimate of drug-likeness (QED) is 0.109. The number of aryl methyl sites for hydroxylation is 1. The van der Waals surface area contributed by atoms with Gasteiger partial charge < -0.3 is 18.9 Å². The van der Waals surface area contributed by atoms with Crippen molar-refractivity contribution < 1.29 is 23.7 Å². The van der Waals surface area contributed by atoms with E-state index in [9.17, 15) is 9.59 Å². The maximum Gasteiger partial charge on any atom is 0.338 e. The lowest BCUT2D eigenvalue weighted by molar-refractivity contribution is -0.139. The number of hydrogen-bond donors (Lipinski definition) is 0. The van der Waals surface area contributed by atoms with Crippen LogP contribution in [0.4, 0.5) is 0 Å². The van der Waals surface area contributed by atoms with Crippen molar-refractivity contribution in [2.24, 2.45) is 4.99 Å². The van der Waals surface area contributed by atoms with Crippen LogP contribution in [-0.4, -0.2) is 37.5 Å². The van der Waals surface area contributed by atoms with Gasteiger partial charge in [-0.15, -0.1) is 0 Å². The highest BCUT2D eigenvalue weighted by atomic mass is 32.1. The van der Waals surface area contributed by atoms with Gasteiger partial charge in [-0.25, -0.2) is 9.79 Å². The molecule has 4 aromatic rings. The number of allylic oxidation sites excluding steroid dienone is 1. The molecular formula is C38H42N2O6S. The fourth-order valence-electron chi connectivity index (χ4n) is 5.58. The Morgan fingerprint density at radius 2 is 1.64 bits per heavy atom. The number of esters is 1. The molecule has 0 bridgehead atoms. The van der Waals surface area contributed by atoms with E-state index in [2.05, 4.69) is 24.0 Å². The van der Waals surface area contributed by atoms with Gasteiger partial charge in [0.25, 0.3) is 5.56 Å². The molecule has 0 N–H and O–H groups in total. The van der Waals surface area contributed by atoms with E-state index in [0.717, 1.165) is 23.3 Å². The fourth-order valence-corrected chi connectivity index (χ4v) is 6.62. The lowest BCUT2D eigenvalue weighted by Gasteiger charge is -2.24. The van der Waals surface area contributed by atoms with Crippen LogP contribution in [-0.2, 0) is 16.0 Å². The van der Waals surface area contributed by atoms with E-state index < -0.39 is 12.0 Å². The second-order valence-corrected chi connectivity index (χ2v) is 12.3. The third-order valence-electron chi connectivity index (χ3n) is 8.01. The van der Waals surface area contributed by atoms with Gasteiger partial charge in [-0.05, 0) is 74.2 Å². The maximum atomic E-state index is 14.0. The van der Waals surface area contributed by atoms with Crippen LogP contribution >= 0.6 is 11.3 Å². The Morgan fingerprint density at radius 3 is 2.36 bits per heavy atom. The number of nitrogens with zero attached hydrogens (tertiary/aromatic N) is 2. The number of rotatable bonds is 15. The molecule has 0 fully saturated rings. The Balaban J connectivity index is 1.35. The first-order chi connectivity index (χ1) is 22.9. The summed E-state index contributed by atoms with van der Waals surface area (Å²) >= 11 is 1.27. The van der Waals surface area contributed by atoms with Gasteiger partial charge >= 0.3 is 5.97 Å². The second kappa shape index (κ2) is 16.3. The van der Waals surface area contributed by atoms with Crippen LogP contribution < -0.4 is 29.1 Å². The number of thiazole rings is 1. The summed E-state index contributed by atoms with van der Waals surface area (Å²) in [4.78, 5) is 32.4. The Morgan fingerprint density at radius 1 is 0.915 bits per heavy atom. The van der Waals surface area contributed by atoms with Crippen LogP contribution in [0.3, 0.4) is 0 Å². The van der Waals surface area contributed by atoms with Gasteiger partial charge in [0, 0.05) is 5.56 Å². The number of unbranched alkanes of at least 4 members (excludes halogenated alkanes) is 3. The maximum absolute atomic E-state index is 14.0. The van der Waals surface area contributed by atoms with Crippen LogP contribution in [0.15, 0.2) is 93.9 Å². The number of methoxy groups -OCH3 is 1. The normalized spacial score (nSPS) is 14.4. The molecule has 1 aliphatic heterocycles. The van der Waals surface area contributed by atoms with Gasteiger partial charge in [0.2, 0.25) is 0 Å². The first-order valence-electron chi connectivity index (χ1n) is 16.2. The van der Waals surface area contributed by atoms with E-state index >= 15 is 0 Å². The summed E-state index contributed by atoms with van der Waals surface area (Å²) in [7, 11) is 1.59. The number of fused-ring (bicyclic) bond motifs is 1. The van der Waals surface area contributed by atoms with E-state index in [1.54, 1.807) is 25.5 Å². The smallest absolute Gasteiger partial charge is 0.338 e. The van der Waals surface area contributed by atoms with Crippen molar-refractivity contribution in [1.82, 2.24) is 4.57 Å². The van der Waals surface area contributed by atoms with Gasteiger partial charge in [-0.1, -0.05) is 80.0 Å². The number of aromatic nitrogens is 1. The topological polar surface area (TPSA) is 88.3 Å². The molecule has 2 heterocycles. The van der Waals surface area contributed by atoms with Gasteiger partial charge in [0.1, 0.15) is 30.5 Å². The number of para-hydroxylation sites is 1. The molecule has 0 saturated heterocycles. The molecule has 246 valence electrons. The molecule has 1 aromatic heterocycles. The van der Waals surface area contributed by atoms with E-state index in [-0.39, 0.29) is 12.2 Å². The summed E-state index contributed by atoms with van der Waals surface area (Å²) in [6.07, 6.45) is 7.90. The molecule has 47 heavy (non-hydrogen) atoms. The average molecular weight is 655 g/mol. The van der Waals surface area contributed by atoms with Crippen LogP contribution in [0, 0.1) is 0 Å². The van der Waals surface area contributed by atoms with Gasteiger partial charge in [0.15, 0.2) is 4.80 Å². The second-order valence-electron chi connectivity index (χ2n) is 11.3. The lowest BCUT2D eigenvalue weighted by Crippen LogP contribution is -2.39. The zero-order valence-electron chi connectivity index (χ0n) is 27.5. The fraction of sp³-hybridized carbons (Fsp3) is 0.342. The Bertz CT molecular complexity index is 1870. The lowest BCUT2D eigenvalue weighted by atomic mass is 9.96. The van der Waals surface area contributed by atoms with Crippen LogP contribution in [0.2, 0.25) is 0 Å². The molecule has 0 saturated carbocycles. The van der Waals surface area contributed by atoms with Crippen LogP contribution in [0.1, 0.15) is 69.2 Å². The first kappa shape index (κ1) is 33.7. The Kier molecular flexibility index (Phi) is 11.7. The standard InChI is InChI=1S/C38H42N2O6S/c1-5-7-8-9-12-27-15-19-31(20-16-27)45-23-24-46-32-14-11-10-13-29(32)25-33-36(41)40-35(28-17-21-30(43-4)22-18-28)34(37(42)44-6-2)26(3)39-38(40)47-33/h10-11,13-22,25,35H,5-9,12,23-24H2,1-4H3/b33-25-/t35-/m0/s1. The van der Waals surface area contributed by atoms with Crippen molar-refractivity contribution in [3.05, 3.63) is 120 Å². The number of benzene rings is 3. The van der Waals surface area contributed by atoms with Crippen LogP contribution in [0.5, 0.6) is 17.2 Å². The van der Waals surface area contributed by atoms with Crippen molar-refractivity contribution in [1.29, 1.82) is 0 Å². The number of carbonyl (C=O) groups is 1. The molecule has 1 atom stereocenters. The van der Waals surface area contributed by atoms with E-state index in [0.29, 0.717) is 45.3 Å². The van der Waals surface area contributed by atoms with Gasteiger partial charge in [-0.3, -0.25) is 9.36 Å². The summed E-state index contributed by atoms with van der Waals surface area (Å²) in [5.74, 6) is 1.62. The monoisotopic (exact) mass is 654 g/mol. The highest BCUT2D eigenvalue weighted by molar-refractivity contribution is 7.07. The number of hydrogen-bond acceptors (Lipinski definition) is 8. The number of ether oxygens (including phenoxy) is 4. The molecule has 8 nitrogen and oxygen atoms in total. The molecule has 1 aliphatic rings. The molecule has 0 spiro atoms. The number of carbonyl (C=O) groups excluding carboxylic acids is 1. The molecule has 0 amide bonds. The Labute approximate surface area is 279 Å². The minimum Gasteiger partial charge on any atom is -0.497 e. The average Bonchev–Trinajstić information content (AvgIpc) is 3.39. The largest absolute Gasteiger partial charge is 0.497 e. The zero-order valence-corrected chi connectivity index (χ0v) is 28.3. The molecule has 9 heteroatoms. The summed E-state index contributed by atoms with van der Waals surface area (Å²) in [6.45, 7) is 6.68. The Hall–Kier alpha value is -4.63. The summed E-state index contributed by atoms with van der Waals surface area (Å²) in [5, 5.41) is 0. The van der Waals surface area contributed by atoms with Crippen LogP contribution in [0.25, 0.3) is 6.08 Å².